The maximum Gasteiger partial charge on any atom is 0.172 e. The number of Topliss-reactive ketones (excluding diaryl/α,β-unsaturated/α-hetero) is 2. The van der Waals surface area contributed by atoms with Crippen molar-refractivity contribution in [1.29, 1.82) is 0 Å². The summed E-state index contributed by atoms with van der Waals surface area (Å²) in [6, 6.07) is 0. The van der Waals surface area contributed by atoms with E-state index in [4.69, 9.17) is 80.5 Å². The molecule has 22 nitrogen and oxygen atoms in total. The van der Waals surface area contributed by atoms with Gasteiger partial charge in [-0.2, -0.15) is 0 Å². The number of fused-ring (bicyclic) bond motifs is 12. The van der Waals surface area contributed by atoms with Gasteiger partial charge in [-0.25, -0.2) is 0 Å². The highest BCUT2D eigenvalue weighted by atomic mass is 16.8. The summed E-state index contributed by atoms with van der Waals surface area (Å²) in [5.41, 5.74) is 4.30. The first-order valence-corrected chi connectivity index (χ1v) is 38.9. The SMILES string of the molecule is C=C1C[C@@H]2CC[C@@]34C[C@H]5OC6[C@@H](O[C@H]7CC[C@H](CC(=O)C[C@@H]8CC(C[C@H](O)CNC[C@@H](O)C[C@H]9OC%10C[C@H]%11OC(CCC%11=C)CCC%11O[C@@H](CC[C@@]%12%13C[C@H]%14OC%15[C@@H](O[C@H]%16CC[C@H](CC(=O)C[C@@H]%10[C@H]9OC)O[C@@H]%16[C@@H]%15O%12)[C@H]%14O%13)CC%11=C)OC8C[C@H]8OC(CCC8=C)CCC1O2)O[C@@H]7[C@@H]6O3)[C@H]5O4. The van der Waals surface area contributed by atoms with Gasteiger partial charge in [-0.15, -0.1) is 0 Å². The van der Waals surface area contributed by atoms with Crippen molar-refractivity contribution >= 4 is 11.6 Å². The Balaban J connectivity index is 0.521. The Morgan fingerprint density at radius 1 is 0.424 bits per heavy atom. The van der Waals surface area contributed by atoms with Gasteiger partial charge in [0.25, 0.3) is 0 Å². The average molecular weight is 1380 g/mol. The fourth-order valence-corrected chi connectivity index (χ4v) is 22.1. The van der Waals surface area contributed by atoms with Crippen molar-refractivity contribution in [2.24, 2.45) is 11.8 Å². The second-order valence-corrected chi connectivity index (χ2v) is 33.7. The van der Waals surface area contributed by atoms with Gasteiger partial charge in [0.05, 0.1) is 128 Å². The molecule has 3 N–H and O–H groups in total. The molecule has 20 aliphatic heterocycles. The Hall–Kier alpha value is -2.50. The maximum absolute atomic E-state index is 14.7. The van der Waals surface area contributed by atoms with Crippen LogP contribution in [0.25, 0.3) is 0 Å². The highest BCUT2D eigenvalue weighted by Crippen LogP contribution is 2.57. The third kappa shape index (κ3) is 13.4. The van der Waals surface area contributed by atoms with Crippen molar-refractivity contribution in [1.82, 2.24) is 5.32 Å². The average Bonchev–Trinajstić information content (AvgIpc) is 1.56. The van der Waals surface area contributed by atoms with Crippen LogP contribution >= 0.6 is 0 Å². The number of rotatable bonds is 9. The van der Waals surface area contributed by atoms with Crippen molar-refractivity contribution in [3.63, 3.8) is 0 Å². The summed E-state index contributed by atoms with van der Waals surface area (Å²) in [4.78, 5) is 29.1. The highest BCUT2D eigenvalue weighted by Gasteiger charge is 2.71. The third-order valence-corrected chi connectivity index (χ3v) is 27.0. The zero-order valence-corrected chi connectivity index (χ0v) is 58.0. The molecule has 0 radical (unpaired) electrons. The lowest BCUT2D eigenvalue weighted by Crippen LogP contribution is -2.61. The minimum Gasteiger partial charge on any atom is -0.392 e. The molecule has 0 aromatic heterocycles. The van der Waals surface area contributed by atoms with Gasteiger partial charge in [-0.3, -0.25) is 9.59 Å². The largest absolute Gasteiger partial charge is 0.392 e. The summed E-state index contributed by atoms with van der Waals surface area (Å²) in [7, 11) is 1.67. The lowest BCUT2D eigenvalue weighted by molar-refractivity contribution is -0.292. The zero-order chi connectivity index (χ0) is 67.2. The van der Waals surface area contributed by atoms with Crippen LogP contribution in [0.4, 0.5) is 0 Å². The van der Waals surface area contributed by atoms with E-state index in [2.05, 4.69) is 31.6 Å². The second kappa shape index (κ2) is 27.7. The molecule has 99 heavy (non-hydrogen) atoms. The van der Waals surface area contributed by atoms with E-state index in [-0.39, 0.29) is 215 Å². The van der Waals surface area contributed by atoms with Crippen LogP contribution in [-0.4, -0.2) is 243 Å². The number of methoxy groups -OCH3 is 1. The Labute approximate surface area is 582 Å². The summed E-state index contributed by atoms with van der Waals surface area (Å²) >= 11 is 0. The lowest BCUT2D eigenvalue weighted by Gasteiger charge is -2.47. The van der Waals surface area contributed by atoms with Gasteiger partial charge >= 0.3 is 0 Å². The molecule has 548 valence electrons. The predicted octanol–water partition coefficient (Wildman–Crippen LogP) is 7.44. The van der Waals surface area contributed by atoms with Crippen LogP contribution in [0, 0.1) is 11.8 Å². The van der Waals surface area contributed by atoms with Crippen LogP contribution in [0.3, 0.4) is 0 Å². The van der Waals surface area contributed by atoms with E-state index in [1.165, 1.54) is 0 Å². The van der Waals surface area contributed by atoms with Gasteiger partial charge in [0.1, 0.15) is 72.6 Å². The molecule has 0 aromatic carbocycles. The maximum atomic E-state index is 14.7. The summed E-state index contributed by atoms with van der Waals surface area (Å²) in [6.07, 6.45) is 10.1. The van der Waals surface area contributed by atoms with E-state index in [0.717, 1.165) is 112 Å². The fourth-order valence-electron chi connectivity index (χ4n) is 22.1. The van der Waals surface area contributed by atoms with Crippen LogP contribution in [-0.2, 0) is 90.1 Å². The van der Waals surface area contributed by atoms with E-state index in [1.807, 2.05) is 0 Å². The van der Waals surface area contributed by atoms with Gasteiger partial charge in [0, 0.05) is 103 Å². The molecule has 20 saturated heterocycles. The second-order valence-electron chi connectivity index (χ2n) is 33.7. The van der Waals surface area contributed by atoms with E-state index in [0.29, 0.717) is 70.6 Å². The van der Waals surface area contributed by atoms with Crippen LogP contribution in [0.1, 0.15) is 186 Å². The Morgan fingerprint density at radius 2 is 0.899 bits per heavy atom. The van der Waals surface area contributed by atoms with Gasteiger partial charge in [-0.05, 0) is 137 Å². The van der Waals surface area contributed by atoms with Crippen LogP contribution < -0.4 is 5.32 Å². The molecule has 9 unspecified atom stereocenters. The minimum absolute atomic E-state index is 0.00707. The number of nitrogens with one attached hydrogen (secondary N) is 1. The quantitative estimate of drug-likeness (QED) is 0.190. The highest BCUT2D eigenvalue weighted by molar-refractivity contribution is 5.79. The van der Waals surface area contributed by atoms with Gasteiger partial charge in [-0.1, -0.05) is 26.3 Å². The summed E-state index contributed by atoms with van der Waals surface area (Å²) in [6.45, 7) is 18.4. The van der Waals surface area contributed by atoms with Crippen molar-refractivity contribution < 1.29 is 100 Å². The first-order chi connectivity index (χ1) is 48.0. The molecule has 0 aromatic rings. The van der Waals surface area contributed by atoms with Gasteiger partial charge < -0.3 is 96.1 Å². The molecule has 20 aliphatic rings. The number of aliphatic hydroxyl groups is 2. The molecule has 0 amide bonds. The van der Waals surface area contributed by atoms with E-state index in [9.17, 15) is 19.8 Å². The summed E-state index contributed by atoms with van der Waals surface area (Å²) < 4.78 is 116. The lowest BCUT2D eigenvalue weighted by atomic mass is 9.83. The topological polar surface area (TPSA) is 244 Å². The van der Waals surface area contributed by atoms with Crippen molar-refractivity contribution in [2.75, 3.05) is 20.2 Å². The predicted molar refractivity (Wildman–Crippen MR) is 352 cm³/mol. The van der Waals surface area contributed by atoms with E-state index in [1.54, 1.807) is 7.11 Å². The molecule has 20 fully saturated rings. The van der Waals surface area contributed by atoms with Crippen LogP contribution in [0.5, 0.6) is 0 Å². The van der Waals surface area contributed by atoms with E-state index >= 15 is 0 Å². The molecule has 20 heterocycles. The molecule has 24 bridgehead atoms. The number of carbonyl (C=O) groups is 2. The number of aliphatic hydroxyl groups excluding tert-OH is 2. The normalized spacial score (nSPS) is 52.3. The molecule has 0 aliphatic carbocycles. The Bertz CT molecular complexity index is 3040. The molecule has 35 atom stereocenters. The summed E-state index contributed by atoms with van der Waals surface area (Å²) in [5.74, 6) is -1.90. The number of hydrogen-bond acceptors (Lipinski definition) is 22. The Kier molecular flexibility index (Phi) is 19.1. The number of carbonyl (C=O) groups excluding carboxylic acids is 2. The third-order valence-electron chi connectivity index (χ3n) is 27.0. The first-order valence-electron chi connectivity index (χ1n) is 38.9. The van der Waals surface area contributed by atoms with E-state index < -0.39 is 48.2 Å². The molecule has 22 heteroatoms. The first kappa shape index (κ1) is 68.3. The number of hydrogen-bond donors (Lipinski definition) is 3. The standard InChI is InChI=1S/C77H109NO21/c1-37-6-8-46-10-14-54-39(3)22-50(86-54)18-20-76-33-63-68(96-76)70-72(94-63)74(98-76)66-56(92-70)16-12-48(89-66)26-42(79)24-41-25-52(88-60(41)31-58(37)84-46)28-44(81)35-78-36-45(82)30-62-65(83-5)53-29-43(80)27-49-13-17-57-67(90-49)75-73-71(93-57)69-64(95-73)34-77(97-69,99-75)21-19-51-23-40(4)55(87-51)15-11-47-9-7-38(2)59(85-47)32-61(53)91-62/h41,44-75,78,81-82H,1-4,6-36H2,5H3/t41-,44+,45+,46?,47?,48-,49-,50+,51+,52?,53+,54?,55?,56+,57+,58-,59-,60?,61?,62-,63-,64-,65-,66+,67+,68+,69+,70+,71+,72?,73?,74+,75+,76+,77+/m1/s1. The van der Waals surface area contributed by atoms with Crippen LogP contribution in [0.2, 0.25) is 0 Å². The van der Waals surface area contributed by atoms with Gasteiger partial charge in [0.2, 0.25) is 0 Å². The monoisotopic (exact) mass is 1380 g/mol. The van der Waals surface area contributed by atoms with Crippen molar-refractivity contribution in [3.05, 3.63) is 48.6 Å². The molecule has 2 spiro atoms. The van der Waals surface area contributed by atoms with Crippen LogP contribution in [0.15, 0.2) is 48.6 Å². The zero-order valence-electron chi connectivity index (χ0n) is 58.0. The summed E-state index contributed by atoms with van der Waals surface area (Å²) in [5, 5.41) is 27.0. The molecule has 0 saturated carbocycles. The molecule has 20 rings (SSSR count). The minimum atomic E-state index is -0.872. The fraction of sp³-hybridized carbons (Fsp3) is 0.870. The molecular weight excluding hydrogens is 1270 g/mol. The Morgan fingerprint density at radius 3 is 1.45 bits per heavy atom. The smallest absolute Gasteiger partial charge is 0.172 e. The van der Waals surface area contributed by atoms with Crippen molar-refractivity contribution in [2.45, 2.75) is 387 Å². The number of ketones is 2. The van der Waals surface area contributed by atoms with Gasteiger partial charge in [0.15, 0.2) is 11.6 Å². The number of ether oxygens (including phenoxy) is 17. The molecular formula is C77H109NO21. The van der Waals surface area contributed by atoms with Crippen molar-refractivity contribution in [3.8, 4) is 0 Å².